The van der Waals surface area contributed by atoms with Crippen molar-refractivity contribution in [3.63, 3.8) is 0 Å². The maximum atomic E-state index is 8.20. The molecule has 1 aromatic heterocycles. The Hall–Kier alpha value is -2.13. The van der Waals surface area contributed by atoms with E-state index in [0.717, 1.165) is 10.6 Å². The summed E-state index contributed by atoms with van der Waals surface area (Å²) >= 11 is 1.51. The van der Waals surface area contributed by atoms with Crippen molar-refractivity contribution in [3.8, 4) is 16.1 Å². The number of thiazole rings is 1. The molecular formula is C17H16N2S. The molecule has 100 valence electrons. The van der Waals surface area contributed by atoms with Gasteiger partial charge in [0, 0.05) is 6.20 Å². The average Bonchev–Trinajstić information content (AvgIpc) is 2.82. The standard InChI is InChI=1S/C17H16N2S/c1-12-7-9-14(10-8-12)16-11-19(17(18)20-16)15-6-4-3-5-13(15)2/h3-11,18H,1-2H3. The molecule has 1 heterocycles. The lowest BCUT2D eigenvalue weighted by Gasteiger charge is -2.05. The predicted octanol–water partition coefficient (Wildman–Crippen LogP) is 4.30. The van der Waals surface area contributed by atoms with Crippen molar-refractivity contribution in [1.82, 2.24) is 4.57 Å². The van der Waals surface area contributed by atoms with Gasteiger partial charge in [0.25, 0.3) is 0 Å². The molecule has 0 aliphatic heterocycles. The number of hydrogen-bond acceptors (Lipinski definition) is 2. The van der Waals surface area contributed by atoms with Crippen LogP contribution in [0.3, 0.4) is 0 Å². The molecular weight excluding hydrogens is 264 g/mol. The summed E-state index contributed by atoms with van der Waals surface area (Å²) in [6.07, 6.45) is 2.06. The van der Waals surface area contributed by atoms with Gasteiger partial charge in [-0.3, -0.25) is 9.98 Å². The van der Waals surface area contributed by atoms with E-state index in [0.29, 0.717) is 4.80 Å². The number of hydrogen-bond donors (Lipinski definition) is 1. The van der Waals surface area contributed by atoms with Crippen LogP contribution in [-0.4, -0.2) is 4.57 Å². The van der Waals surface area contributed by atoms with Crippen LogP contribution in [0.5, 0.6) is 0 Å². The van der Waals surface area contributed by atoms with Gasteiger partial charge in [-0.15, -0.1) is 0 Å². The van der Waals surface area contributed by atoms with E-state index in [-0.39, 0.29) is 0 Å². The van der Waals surface area contributed by atoms with Crippen molar-refractivity contribution in [2.24, 2.45) is 0 Å². The van der Waals surface area contributed by atoms with E-state index >= 15 is 0 Å². The molecule has 0 bridgehead atoms. The zero-order valence-electron chi connectivity index (χ0n) is 11.6. The summed E-state index contributed by atoms with van der Waals surface area (Å²) in [6, 6.07) is 16.6. The number of rotatable bonds is 2. The number of nitrogens with zero attached hydrogens (tertiary/aromatic N) is 1. The molecule has 20 heavy (non-hydrogen) atoms. The van der Waals surface area contributed by atoms with Crippen LogP contribution in [0.4, 0.5) is 0 Å². The quantitative estimate of drug-likeness (QED) is 0.725. The molecule has 0 fully saturated rings. The van der Waals surface area contributed by atoms with Crippen LogP contribution in [0.2, 0.25) is 0 Å². The molecule has 3 rings (SSSR count). The fourth-order valence-electron chi connectivity index (χ4n) is 2.22. The molecule has 0 atom stereocenters. The van der Waals surface area contributed by atoms with E-state index < -0.39 is 0 Å². The van der Waals surface area contributed by atoms with Crippen molar-refractivity contribution in [3.05, 3.63) is 70.7 Å². The second-order valence-electron chi connectivity index (χ2n) is 4.92. The lowest BCUT2D eigenvalue weighted by atomic mass is 10.1. The number of aromatic nitrogens is 1. The summed E-state index contributed by atoms with van der Waals surface area (Å²) in [6.45, 7) is 4.16. The highest BCUT2D eigenvalue weighted by Gasteiger charge is 2.07. The molecule has 0 aliphatic rings. The number of aryl methyl sites for hydroxylation is 2. The minimum Gasteiger partial charge on any atom is -0.292 e. The average molecular weight is 280 g/mol. The maximum Gasteiger partial charge on any atom is 0.187 e. The van der Waals surface area contributed by atoms with E-state index in [9.17, 15) is 0 Å². The third kappa shape index (κ3) is 2.32. The van der Waals surface area contributed by atoms with Gasteiger partial charge in [0.2, 0.25) is 0 Å². The summed E-state index contributed by atoms with van der Waals surface area (Å²) in [4.78, 5) is 1.67. The third-order valence-electron chi connectivity index (χ3n) is 3.38. The number of nitrogens with one attached hydrogen (secondary N) is 1. The Kier molecular flexibility index (Phi) is 3.28. The van der Waals surface area contributed by atoms with Gasteiger partial charge in [-0.2, -0.15) is 0 Å². The van der Waals surface area contributed by atoms with Crippen molar-refractivity contribution in [1.29, 1.82) is 5.41 Å². The fourth-order valence-corrected chi connectivity index (χ4v) is 3.09. The smallest absolute Gasteiger partial charge is 0.187 e. The van der Waals surface area contributed by atoms with Gasteiger partial charge in [0.15, 0.2) is 4.80 Å². The Labute approximate surface area is 122 Å². The zero-order valence-corrected chi connectivity index (χ0v) is 12.4. The van der Waals surface area contributed by atoms with Gasteiger partial charge in [0.1, 0.15) is 0 Å². The fraction of sp³-hybridized carbons (Fsp3) is 0.118. The lowest BCUT2D eigenvalue weighted by molar-refractivity contribution is 0.969. The van der Waals surface area contributed by atoms with Gasteiger partial charge in [-0.25, -0.2) is 0 Å². The molecule has 0 aliphatic carbocycles. The van der Waals surface area contributed by atoms with Crippen LogP contribution in [-0.2, 0) is 0 Å². The predicted molar refractivity (Wildman–Crippen MR) is 84.4 cm³/mol. The Morgan fingerprint density at radius 1 is 0.950 bits per heavy atom. The van der Waals surface area contributed by atoms with E-state index in [1.54, 1.807) is 0 Å². The van der Waals surface area contributed by atoms with Gasteiger partial charge in [0.05, 0.1) is 10.6 Å². The zero-order chi connectivity index (χ0) is 14.1. The van der Waals surface area contributed by atoms with Crippen LogP contribution in [0.25, 0.3) is 16.1 Å². The molecule has 2 aromatic carbocycles. The van der Waals surface area contributed by atoms with Crippen molar-refractivity contribution in [2.45, 2.75) is 13.8 Å². The first-order chi connectivity index (χ1) is 9.65. The molecule has 2 nitrogen and oxygen atoms in total. The topological polar surface area (TPSA) is 28.8 Å². The number of para-hydroxylation sites is 1. The summed E-state index contributed by atoms with van der Waals surface area (Å²) in [5.41, 5.74) is 4.68. The van der Waals surface area contributed by atoms with Crippen molar-refractivity contribution in [2.75, 3.05) is 0 Å². The number of benzene rings is 2. The van der Waals surface area contributed by atoms with E-state index in [1.165, 1.54) is 28.0 Å². The molecule has 0 saturated heterocycles. The Balaban J connectivity index is 2.10. The lowest BCUT2D eigenvalue weighted by Crippen LogP contribution is -2.10. The van der Waals surface area contributed by atoms with Gasteiger partial charge in [-0.05, 0) is 31.0 Å². The van der Waals surface area contributed by atoms with Gasteiger partial charge in [-0.1, -0.05) is 59.4 Å². The first-order valence-corrected chi connectivity index (χ1v) is 7.37. The second kappa shape index (κ2) is 5.10. The van der Waals surface area contributed by atoms with Crippen LogP contribution in [0, 0.1) is 19.3 Å². The van der Waals surface area contributed by atoms with Crippen LogP contribution in [0.1, 0.15) is 11.1 Å². The molecule has 0 spiro atoms. The molecule has 0 radical (unpaired) electrons. The Morgan fingerprint density at radius 2 is 1.65 bits per heavy atom. The Bertz CT molecular complexity index is 794. The monoisotopic (exact) mass is 280 g/mol. The summed E-state index contributed by atoms with van der Waals surface area (Å²) in [7, 11) is 0. The molecule has 3 aromatic rings. The summed E-state index contributed by atoms with van der Waals surface area (Å²) in [5.74, 6) is 0. The minimum absolute atomic E-state index is 0.551. The van der Waals surface area contributed by atoms with Crippen LogP contribution >= 0.6 is 11.3 Å². The van der Waals surface area contributed by atoms with Crippen molar-refractivity contribution >= 4 is 11.3 Å². The summed E-state index contributed by atoms with van der Waals surface area (Å²) < 4.78 is 1.95. The minimum atomic E-state index is 0.551. The molecule has 3 heteroatoms. The van der Waals surface area contributed by atoms with Gasteiger partial charge < -0.3 is 0 Å². The van der Waals surface area contributed by atoms with Gasteiger partial charge >= 0.3 is 0 Å². The largest absolute Gasteiger partial charge is 0.292 e. The highest BCUT2D eigenvalue weighted by Crippen LogP contribution is 2.24. The summed E-state index contributed by atoms with van der Waals surface area (Å²) in [5, 5.41) is 8.20. The van der Waals surface area contributed by atoms with E-state index in [1.807, 2.05) is 16.7 Å². The first-order valence-electron chi connectivity index (χ1n) is 6.55. The maximum absolute atomic E-state index is 8.20. The van der Waals surface area contributed by atoms with Crippen LogP contribution in [0.15, 0.2) is 54.7 Å². The van der Waals surface area contributed by atoms with E-state index in [2.05, 4.69) is 56.4 Å². The van der Waals surface area contributed by atoms with Crippen molar-refractivity contribution < 1.29 is 0 Å². The molecule has 0 unspecified atom stereocenters. The highest BCUT2D eigenvalue weighted by molar-refractivity contribution is 7.12. The second-order valence-corrected chi connectivity index (χ2v) is 5.95. The van der Waals surface area contributed by atoms with E-state index in [4.69, 9.17) is 5.41 Å². The first kappa shape index (κ1) is 12.9. The SMILES string of the molecule is Cc1ccc(-c2cn(-c3ccccc3C)c(=N)s2)cc1. The highest BCUT2D eigenvalue weighted by atomic mass is 32.1. The third-order valence-corrected chi connectivity index (χ3v) is 4.33. The Morgan fingerprint density at radius 3 is 2.35 bits per heavy atom. The van der Waals surface area contributed by atoms with Crippen LogP contribution < -0.4 is 4.80 Å². The molecule has 0 saturated carbocycles. The molecule has 0 amide bonds. The molecule has 1 N–H and O–H groups in total. The normalized spacial score (nSPS) is 10.7.